The Morgan fingerprint density at radius 3 is 2.55 bits per heavy atom. The van der Waals surface area contributed by atoms with Crippen molar-refractivity contribution in [2.75, 3.05) is 59.1 Å². The largest absolute Gasteiger partial charge is 0.493 e. The standard InChI is InChI=1S/C22H38N4O2.HI/c1-4-23-22(24-11-5-13-26-14-16-27-17-15-26)25-12-10-20-6-8-21(9-7-20)28-18-19(2)3;/h6-9,19H,4-5,10-18H2,1-3H3,(H2,23,24,25);1H. The van der Waals surface area contributed by atoms with Crippen molar-refractivity contribution < 1.29 is 9.47 Å². The molecule has 0 radical (unpaired) electrons. The van der Waals surface area contributed by atoms with E-state index in [1.54, 1.807) is 0 Å². The van der Waals surface area contributed by atoms with Crippen LogP contribution in [0, 0.1) is 5.92 Å². The van der Waals surface area contributed by atoms with Gasteiger partial charge in [-0.1, -0.05) is 26.0 Å². The first-order valence-electron chi connectivity index (χ1n) is 10.7. The van der Waals surface area contributed by atoms with E-state index in [0.717, 1.165) is 83.6 Å². The normalized spacial score (nSPS) is 15.1. The van der Waals surface area contributed by atoms with E-state index in [1.165, 1.54) is 5.56 Å². The van der Waals surface area contributed by atoms with Gasteiger partial charge in [-0.05, 0) is 43.4 Å². The Bertz CT molecular complexity index is 560. The van der Waals surface area contributed by atoms with Crippen LogP contribution in [-0.4, -0.2) is 69.9 Å². The van der Waals surface area contributed by atoms with Crippen molar-refractivity contribution in [2.45, 2.75) is 33.6 Å². The molecule has 7 heteroatoms. The topological polar surface area (TPSA) is 58.1 Å². The molecule has 0 aromatic heterocycles. The average molecular weight is 518 g/mol. The zero-order chi connectivity index (χ0) is 20.0. The Morgan fingerprint density at radius 1 is 1.17 bits per heavy atom. The number of hydrogen-bond acceptors (Lipinski definition) is 4. The van der Waals surface area contributed by atoms with Crippen LogP contribution in [0.1, 0.15) is 32.8 Å². The van der Waals surface area contributed by atoms with Crippen molar-refractivity contribution in [2.24, 2.45) is 10.9 Å². The first-order chi connectivity index (χ1) is 13.7. The number of rotatable bonds is 11. The molecule has 0 spiro atoms. The van der Waals surface area contributed by atoms with Crippen molar-refractivity contribution in [1.29, 1.82) is 0 Å². The summed E-state index contributed by atoms with van der Waals surface area (Å²) in [6.45, 7) is 14.7. The summed E-state index contributed by atoms with van der Waals surface area (Å²) < 4.78 is 11.1. The van der Waals surface area contributed by atoms with Gasteiger partial charge in [-0.25, -0.2) is 0 Å². The maximum absolute atomic E-state index is 5.74. The number of nitrogens with one attached hydrogen (secondary N) is 2. The molecule has 1 heterocycles. The van der Waals surface area contributed by atoms with E-state index in [9.17, 15) is 0 Å². The van der Waals surface area contributed by atoms with Gasteiger partial charge in [-0.3, -0.25) is 9.89 Å². The number of halogens is 1. The zero-order valence-corrected chi connectivity index (χ0v) is 20.6. The molecule has 29 heavy (non-hydrogen) atoms. The molecule has 166 valence electrons. The minimum atomic E-state index is 0. The molecule has 0 atom stereocenters. The predicted molar refractivity (Wildman–Crippen MR) is 132 cm³/mol. The summed E-state index contributed by atoms with van der Waals surface area (Å²) in [4.78, 5) is 7.15. The molecular formula is C22H39IN4O2. The Labute approximate surface area is 193 Å². The smallest absolute Gasteiger partial charge is 0.191 e. The second kappa shape index (κ2) is 15.7. The van der Waals surface area contributed by atoms with Gasteiger partial charge in [0.15, 0.2) is 5.96 Å². The summed E-state index contributed by atoms with van der Waals surface area (Å²) in [5, 5.41) is 6.77. The Morgan fingerprint density at radius 2 is 1.90 bits per heavy atom. The van der Waals surface area contributed by atoms with Gasteiger partial charge in [0, 0.05) is 39.3 Å². The zero-order valence-electron chi connectivity index (χ0n) is 18.3. The van der Waals surface area contributed by atoms with Crippen molar-refractivity contribution in [1.82, 2.24) is 15.5 Å². The fourth-order valence-electron chi connectivity index (χ4n) is 2.99. The monoisotopic (exact) mass is 518 g/mol. The third-order valence-corrected chi connectivity index (χ3v) is 4.56. The van der Waals surface area contributed by atoms with Crippen LogP contribution in [-0.2, 0) is 11.2 Å². The van der Waals surface area contributed by atoms with E-state index in [4.69, 9.17) is 14.5 Å². The number of nitrogens with zero attached hydrogens (tertiary/aromatic N) is 2. The molecule has 2 N–H and O–H groups in total. The van der Waals surface area contributed by atoms with Gasteiger partial charge in [-0.15, -0.1) is 24.0 Å². The lowest BCUT2D eigenvalue weighted by Gasteiger charge is -2.26. The maximum atomic E-state index is 5.74. The molecule has 1 aromatic carbocycles. The first kappa shape index (κ1) is 26.0. The summed E-state index contributed by atoms with van der Waals surface area (Å²) in [6.07, 6.45) is 2.04. The molecule has 0 saturated carbocycles. The highest BCUT2D eigenvalue weighted by atomic mass is 127. The highest BCUT2D eigenvalue weighted by Crippen LogP contribution is 2.13. The Balaban J connectivity index is 0.00000420. The van der Waals surface area contributed by atoms with Crippen LogP contribution in [0.2, 0.25) is 0 Å². The fraction of sp³-hybridized carbons (Fsp3) is 0.682. The molecule has 6 nitrogen and oxygen atoms in total. The second-order valence-corrected chi connectivity index (χ2v) is 7.59. The Kier molecular flexibility index (Phi) is 14.1. The molecule has 1 aliphatic heterocycles. The molecular weight excluding hydrogens is 479 g/mol. The SMILES string of the molecule is CCNC(=NCCCN1CCOCC1)NCCc1ccc(OCC(C)C)cc1.I. The summed E-state index contributed by atoms with van der Waals surface area (Å²) in [5.74, 6) is 2.39. The van der Waals surface area contributed by atoms with E-state index in [0.29, 0.717) is 5.92 Å². The first-order valence-corrected chi connectivity index (χ1v) is 10.7. The lowest BCUT2D eigenvalue weighted by molar-refractivity contribution is 0.0377. The average Bonchev–Trinajstić information content (AvgIpc) is 2.71. The van der Waals surface area contributed by atoms with E-state index >= 15 is 0 Å². The van der Waals surface area contributed by atoms with Gasteiger partial charge in [0.2, 0.25) is 0 Å². The van der Waals surface area contributed by atoms with Crippen molar-refractivity contribution in [3.8, 4) is 5.75 Å². The van der Waals surface area contributed by atoms with Crippen LogP contribution in [0.5, 0.6) is 5.75 Å². The van der Waals surface area contributed by atoms with Crippen molar-refractivity contribution >= 4 is 29.9 Å². The van der Waals surface area contributed by atoms with E-state index < -0.39 is 0 Å². The number of hydrogen-bond donors (Lipinski definition) is 2. The predicted octanol–water partition coefficient (Wildman–Crippen LogP) is 3.16. The summed E-state index contributed by atoms with van der Waals surface area (Å²) >= 11 is 0. The number of morpholine rings is 1. The molecule has 1 saturated heterocycles. The van der Waals surface area contributed by atoms with Crippen LogP contribution in [0.15, 0.2) is 29.3 Å². The third-order valence-electron chi connectivity index (χ3n) is 4.56. The van der Waals surface area contributed by atoms with E-state index in [-0.39, 0.29) is 24.0 Å². The molecule has 0 unspecified atom stereocenters. The quantitative estimate of drug-likeness (QED) is 0.204. The minimum Gasteiger partial charge on any atom is -0.493 e. The number of aliphatic imine (C=N–C) groups is 1. The van der Waals surface area contributed by atoms with Gasteiger partial charge in [0.05, 0.1) is 19.8 Å². The van der Waals surface area contributed by atoms with Crippen LogP contribution in [0.3, 0.4) is 0 Å². The van der Waals surface area contributed by atoms with Gasteiger partial charge in [0.25, 0.3) is 0 Å². The molecule has 2 rings (SSSR count). The number of benzene rings is 1. The molecule has 1 fully saturated rings. The fourth-order valence-corrected chi connectivity index (χ4v) is 2.99. The van der Waals surface area contributed by atoms with Crippen LogP contribution in [0.4, 0.5) is 0 Å². The van der Waals surface area contributed by atoms with Gasteiger partial charge in [0.1, 0.15) is 5.75 Å². The van der Waals surface area contributed by atoms with Crippen LogP contribution < -0.4 is 15.4 Å². The maximum Gasteiger partial charge on any atom is 0.191 e. The van der Waals surface area contributed by atoms with Crippen LogP contribution >= 0.6 is 24.0 Å². The molecule has 0 bridgehead atoms. The van der Waals surface area contributed by atoms with E-state index in [2.05, 4.69) is 60.6 Å². The number of guanidine groups is 1. The highest BCUT2D eigenvalue weighted by Gasteiger charge is 2.09. The molecule has 1 aromatic rings. The van der Waals surface area contributed by atoms with Crippen LogP contribution in [0.25, 0.3) is 0 Å². The minimum absolute atomic E-state index is 0. The summed E-state index contributed by atoms with van der Waals surface area (Å²) in [5.41, 5.74) is 1.30. The highest BCUT2D eigenvalue weighted by molar-refractivity contribution is 14.0. The van der Waals surface area contributed by atoms with Crippen molar-refractivity contribution in [3.63, 3.8) is 0 Å². The number of ether oxygens (including phenoxy) is 2. The van der Waals surface area contributed by atoms with E-state index in [1.807, 2.05) is 0 Å². The van der Waals surface area contributed by atoms with Gasteiger partial charge < -0.3 is 20.1 Å². The molecule has 1 aliphatic rings. The lowest BCUT2D eigenvalue weighted by atomic mass is 10.1. The molecule has 0 aliphatic carbocycles. The Hall–Kier alpha value is -1.06. The van der Waals surface area contributed by atoms with Crippen molar-refractivity contribution in [3.05, 3.63) is 29.8 Å². The lowest BCUT2D eigenvalue weighted by Crippen LogP contribution is -2.39. The second-order valence-electron chi connectivity index (χ2n) is 7.59. The molecule has 0 amide bonds. The third kappa shape index (κ3) is 11.6. The summed E-state index contributed by atoms with van der Waals surface area (Å²) in [6, 6.07) is 8.40. The summed E-state index contributed by atoms with van der Waals surface area (Å²) in [7, 11) is 0. The van der Waals surface area contributed by atoms with Gasteiger partial charge in [-0.2, -0.15) is 0 Å². The van der Waals surface area contributed by atoms with Gasteiger partial charge >= 0.3 is 0 Å².